The fourth-order valence-electron chi connectivity index (χ4n) is 2.68. The molecule has 0 amide bonds. The standard InChI is InChI=1S/C16H15ClS/c1-2-13-14-5-3-4-6-16(14)18-10-11-7-8-12(17)9-15(11)13/h3-9,13H,2,10H2,1H3. The van der Waals surface area contributed by atoms with Crippen LogP contribution < -0.4 is 0 Å². The van der Waals surface area contributed by atoms with E-state index in [1.54, 1.807) is 0 Å². The molecule has 0 saturated carbocycles. The zero-order chi connectivity index (χ0) is 12.5. The van der Waals surface area contributed by atoms with Crippen molar-refractivity contribution in [3.05, 3.63) is 64.2 Å². The summed E-state index contributed by atoms with van der Waals surface area (Å²) in [6.07, 6.45) is 1.12. The van der Waals surface area contributed by atoms with Crippen molar-refractivity contribution in [1.29, 1.82) is 0 Å². The number of thioether (sulfide) groups is 1. The van der Waals surface area contributed by atoms with E-state index in [9.17, 15) is 0 Å². The SMILES string of the molecule is CCC1c2cc(Cl)ccc2CSc2ccccc21. The largest absolute Gasteiger partial charge is 0.121 e. The van der Waals surface area contributed by atoms with Gasteiger partial charge in [-0.3, -0.25) is 0 Å². The molecule has 0 spiro atoms. The highest BCUT2D eigenvalue weighted by molar-refractivity contribution is 7.98. The van der Waals surface area contributed by atoms with Crippen LogP contribution in [0.2, 0.25) is 5.02 Å². The number of halogens is 1. The van der Waals surface area contributed by atoms with Gasteiger partial charge in [-0.05, 0) is 41.3 Å². The highest BCUT2D eigenvalue weighted by Crippen LogP contribution is 2.42. The monoisotopic (exact) mass is 274 g/mol. The molecule has 1 unspecified atom stereocenters. The molecule has 0 nitrogen and oxygen atoms in total. The second-order valence-electron chi connectivity index (χ2n) is 4.63. The number of rotatable bonds is 1. The van der Waals surface area contributed by atoms with Crippen LogP contribution in [-0.2, 0) is 5.75 Å². The van der Waals surface area contributed by atoms with Crippen LogP contribution in [-0.4, -0.2) is 0 Å². The molecule has 0 fully saturated rings. The fourth-order valence-corrected chi connectivity index (χ4v) is 3.99. The molecule has 1 atom stereocenters. The smallest absolute Gasteiger partial charge is 0.0409 e. The zero-order valence-corrected chi connectivity index (χ0v) is 11.9. The van der Waals surface area contributed by atoms with Crippen molar-refractivity contribution >= 4 is 23.4 Å². The molecular weight excluding hydrogens is 260 g/mol. The Bertz CT molecular complexity index is 577. The van der Waals surface area contributed by atoms with E-state index >= 15 is 0 Å². The van der Waals surface area contributed by atoms with Crippen molar-refractivity contribution in [2.45, 2.75) is 29.9 Å². The van der Waals surface area contributed by atoms with Gasteiger partial charge in [0.25, 0.3) is 0 Å². The lowest BCUT2D eigenvalue weighted by atomic mass is 9.87. The highest BCUT2D eigenvalue weighted by Gasteiger charge is 2.22. The lowest BCUT2D eigenvalue weighted by Gasteiger charge is -2.18. The first-order valence-electron chi connectivity index (χ1n) is 6.29. The summed E-state index contributed by atoms with van der Waals surface area (Å²) in [5.74, 6) is 1.52. The van der Waals surface area contributed by atoms with E-state index in [4.69, 9.17) is 11.6 Å². The van der Waals surface area contributed by atoms with Gasteiger partial charge in [0, 0.05) is 21.6 Å². The van der Waals surface area contributed by atoms with E-state index in [2.05, 4.69) is 43.3 Å². The topological polar surface area (TPSA) is 0 Å². The van der Waals surface area contributed by atoms with E-state index < -0.39 is 0 Å². The van der Waals surface area contributed by atoms with Gasteiger partial charge in [0.15, 0.2) is 0 Å². The maximum atomic E-state index is 6.17. The average Bonchev–Trinajstić information content (AvgIpc) is 2.54. The Morgan fingerprint density at radius 1 is 1.17 bits per heavy atom. The van der Waals surface area contributed by atoms with Crippen LogP contribution in [0, 0.1) is 0 Å². The van der Waals surface area contributed by atoms with Crippen molar-refractivity contribution in [3.8, 4) is 0 Å². The van der Waals surface area contributed by atoms with Gasteiger partial charge < -0.3 is 0 Å². The van der Waals surface area contributed by atoms with Crippen LogP contribution in [0.3, 0.4) is 0 Å². The number of hydrogen-bond donors (Lipinski definition) is 0. The van der Waals surface area contributed by atoms with Crippen LogP contribution in [0.25, 0.3) is 0 Å². The second-order valence-corrected chi connectivity index (χ2v) is 6.08. The molecule has 0 aliphatic carbocycles. The van der Waals surface area contributed by atoms with Gasteiger partial charge in [-0.2, -0.15) is 0 Å². The lowest BCUT2D eigenvalue weighted by molar-refractivity contribution is 0.759. The Kier molecular flexibility index (Phi) is 3.36. The summed E-state index contributed by atoms with van der Waals surface area (Å²) in [5.41, 5.74) is 4.28. The normalized spacial score (nSPS) is 17.8. The van der Waals surface area contributed by atoms with Crippen LogP contribution in [0.15, 0.2) is 47.4 Å². The predicted octanol–water partition coefficient (Wildman–Crippen LogP) is 5.49. The molecule has 3 rings (SSSR count). The summed E-state index contributed by atoms with van der Waals surface area (Å²) in [7, 11) is 0. The van der Waals surface area contributed by atoms with Crippen molar-refractivity contribution in [2.75, 3.05) is 0 Å². The van der Waals surface area contributed by atoms with Gasteiger partial charge in [0.1, 0.15) is 0 Å². The van der Waals surface area contributed by atoms with Crippen LogP contribution in [0.1, 0.15) is 36.0 Å². The van der Waals surface area contributed by atoms with Crippen molar-refractivity contribution in [3.63, 3.8) is 0 Å². The summed E-state index contributed by atoms with van der Waals surface area (Å²) < 4.78 is 0. The molecule has 0 radical (unpaired) electrons. The molecule has 92 valence electrons. The summed E-state index contributed by atoms with van der Waals surface area (Å²) >= 11 is 8.11. The van der Waals surface area contributed by atoms with E-state index in [1.807, 2.05) is 17.8 Å². The van der Waals surface area contributed by atoms with E-state index in [-0.39, 0.29) is 0 Å². The van der Waals surface area contributed by atoms with Gasteiger partial charge >= 0.3 is 0 Å². The first-order valence-corrected chi connectivity index (χ1v) is 7.66. The third-order valence-corrected chi connectivity index (χ3v) is 4.94. The lowest BCUT2D eigenvalue weighted by Crippen LogP contribution is -2.02. The molecule has 2 aromatic carbocycles. The Morgan fingerprint density at radius 2 is 2.00 bits per heavy atom. The Labute approximate surface area is 117 Å². The summed E-state index contributed by atoms with van der Waals surface area (Å²) in [6, 6.07) is 15.1. The minimum absolute atomic E-state index is 0.477. The fraction of sp³-hybridized carbons (Fsp3) is 0.250. The maximum Gasteiger partial charge on any atom is 0.0409 e. The predicted molar refractivity (Wildman–Crippen MR) is 79.6 cm³/mol. The minimum atomic E-state index is 0.477. The molecule has 18 heavy (non-hydrogen) atoms. The molecule has 0 saturated heterocycles. The van der Waals surface area contributed by atoms with Crippen LogP contribution in [0.5, 0.6) is 0 Å². The van der Waals surface area contributed by atoms with Gasteiger partial charge in [0.05, 0.1) is 0 Å². The number of benzene rings is 2. The molecule has 1 aliphatic rings. The number of fused-ring (bicyclic) bond motifs is 2. The number of hydrogen-bond acceptors (Lipinski definition) is 1. The maximum absolute atomic E-state index is 6.17. The van der Waals surface area contributed by atoms with Gasteiger partial charge in [-0.15, -0.1) is 11.8 Å². The second kappa shape index (κ2) is 4.99. The molecule has 1 heterocycles. The molecule has 0 aromatic heterocycles. The Hall–Kier alpha value is -0.920. The Balaban J connectivity index is 2.19. The van der Waals surface area contributed by atoms with E-state index in [0.29, 0.717) is 5.92 Å². The molecule has 0 N–H and O–H groups in total. The van der Waals surface area contributed by atoms with Gasteiger partial charge in [0.2, 0.25) is 0 Å². The summed E-state index contributed by atoms with van der Waals surface area (Å²) in [6.45, 7) is 2.25. The van der Waals surface area contributed by atoms with Crippen molar-refractivity contribution in [1.82, 2.24) is 0 Å². The molecule has 2 aromatic rings. The quantitative estimate of drug-likeness (QED) is 0.663. The summed E-state index contributed by atoms with van der Waals surface area (Å²) in [4.78, 5) is 1.41. The Morgan fingerprint density at radius 3 is 2.83 bits per heavy atom. The van der Waals surface area contributed by atoms with Gasteiger partial charge in [-0.1, -0.05) is 42.8 Å². The van der Waals surface area contributed by atoms with E-state index in [0.717, 1.165) is 17.2 Å². The first kappa shape index (κ1) is 12.1. The van der Waals surface area contributed by atoms with Crippen molar-refractivity contribution in [2.24, 2.45) is 0 Å². The molecule has 1 aliphatic heterocycles. The van der Waals surface area contributed by atoms with Crippen LogP contribution in [0.4, 0.5) is 0 Å². The zero-order valence-electron chi connectivity index (χ0n) is 10.3. The third kappa shape index (κ3) is 2.06. The highest BCUT2D eigenvalue weighted by atomic mass is 35.5. The average molecular weight is 275 g/mol. The van der Waals surface area contributed by atoms with Crippen molar-refractivity contribution < 1.29 is 0 Å². The van der Waals surface area contributed by atoms with Gasteiger partial charge in [-0.25, -0.2) is 0 Å². The van der Waals surface area contributed by atoms with Crippen LogP contribution >= 0.6 is 23.4 Å². The first-order chi connectivity index (χ1) is 8.79. The van der Waals surface area contributed by atoms with E-state index in [1.165, 1.54) is 21.6 Å². The third-order valence-electron chi connectivity index (χ3n) is 3.57. The molecular formula is C16H15ClS. The molecule has 2 heteroatoms. The molecule has 0 bridgehead atoms. The summed E-state index contributed by atoms with van der Waals surface area (Å²) in [5, 5.41) is 0.844. The minimum Gasteiger partial charge on any atom is -0.121 e.